The number of unbranched alkanes of at least 4 members (excludes halogenated alkanes) is 37. The molecule has 90 heavy (non-hydrogen) atoms. The predicted octanol–water partition coefficient (Wildman–Crippen LogP) is 24.8. The Hall–Kier alpha value is -3.33. The highest BCUT2D eigenvalue weighted by Gasteiger charge is 2.27. The summed E-state index contributed by atoms with van der Waals surface area (Å²) in [5.74, 6) is -0.788. The predicted molar refractivity (Wildman–Crippen MR) is 390 cm³/mol. The van der Waals surface area contributed by atoms with Crippen LogP contribution in [0.4, 0.5) is 0 Å². The highest BCUT2D eigenvalue weighted by atomic mass is 31.2. The SMILES string of the molecule is CC/C=C\C/C=C\C/C=C\C/C=C\C/C=C\C/C=C\C/C=C\C/C=C\CCCCCCCCCCCCCCCCC(=O)OC(COC(=O)CCCCCCCCCCCCCCCCC/C=C\CCCCCCCCCC)COP(=O)(O)OCC[N+](C)(C)C. The van der Waals surface area contributed by atoms with Crippen molar-refractivity contribution in [3.63, 3.8) is 0 Å². The summed E-state index contributed by atoms with van der Waals surface area (Å²) in [6.45, 7) is 4.36. The smallest absolute Gasteiger partial charge is 0.462 e. The van der Waals surface area contributed by atoms with E-state index in [-0.39, 0.29) is 32.0 Å². The molecule has 0 bridgehead atoms. The second-order valence-corrected chi connectivity index (χ2v) is 27.8. The maximum Gasteiger partial charge on any atom is 0.472 e. The molecule has 2 unspecified atom stereocenters. The van der Waals surface area contributed by atoms with Crippen molar-refractivity contribution in [3.8, 4) is 0 Å². The van der Waals surface area contributed by atoms with Crippen LogP contribution in [-0.4, -0.2) is 74.9 Å². The van der Waals surface area contributed by atoms with Crippen LogP contribution in [-0.2, 0) is 32.7 Å². The standard InChI is InChI=1S/C80H142NO8P/c1-6-8-10-12-14-16-18-20-22-24-26-28-30-32-34-35-36-37-38-39-40-41-42-43-44-45-47-49-51-53-55-57-59-61-63-65-67-69-71-73-80(83)89-78(77-88-90(84,85)87-75-74-81(3,4)5)76-86-79(82)72-70-68-66-64-62-60-58-56-54-52-50-48-46-33-31-29-27-25-23-21-19-17-15-13-11-9-7-2/h8,10,14,16,20,22,25-28,32,34,36-37,39-40,42-43,78H,6-7,9,11-13,15,17-19,21,23-24,29-31,33,35,38,41,44-77H2,1-5H3/p+1/b10-8-,16-14-,22-20-,27-25-,28-26-,34-32-,37-36-,40-39-,43-42-. The topological polar surface area (TPSA) is 108 Å². The quantitative estimate of drug-likeness (QED) is 0.0211. The van der Waals surface area contributed by atoms with Crippen LogP contribution in [0, 0.1) is 0 Å². The number of likely N-dealkylation sites (N-methyl/N-ethyl adjacent to an activating group) is 1. The van der Waals surface area contributed by atoms with Crippen molar-refractivity contribution in [2.75, 3.05) is 47.5 Å². The minimum Gasteiger partial charge on any atom is -0.462 e. The van der Waals surface area contributed by atoms with Crippen LogP contribution in [0.15, 0.2) is 109 Å². The van der Waals surface area contributed by atoms with Gasteiger partial charge in [-0.15, -0.1) is 0 Å². The van der Waals surface area contributed by atoms with Crippen LogP contribution < -0.4 is 0 Å². The lowest BCUT2D eigenvalue weighted by Crippen LogP contribution is -2.37. The molecule has 0 spiro atoms. The number of quaternary nitrogens is 1. The first-order chi connectivity index (χ1) is 44.0. The number of hydrogen-bond acceptors (Lipinski definition) is 7. The van der Waals surface area contributed by atoms with Crippen LogP contribution in [0.25, 0.3) is 0 Å². The van der Waals surface area contributed by atoms with Gasteiger partial charge in [0.05, 0.1) is 27.7 Å². The molecule has 9 nitrogen and oxygen atoms in total. The molecule has 0 rings (SSSR count). The minimum atomic E-state index is -4.40. The Bertz CT molecular complexity index is 1890. The average Bonchev–Trinajstić information content (AvgIpc) is 3.58. The minimum absolute atomic E-state index is 0.0296. The zero-order chi connectivity index (χ0) is 65.5. The number of carbonyl (C=O) groups is 2. The summed E-state index contributed by atoms with van der Waals surface area (Å²) < 4.78 is 34.8. The summed E-state index contributed by atoms with van der Waals surface area (Å²) in [6.07, 6.45) is 99.2. The van der Waals surface area contributed by atoms with Crippen molar-refractivity contribution in [1.82, 2.24) is 0 Å². The lowest BCUT2D eigenvalue weighted by atomic mass is 10.0. The fourth-order valence-corrected chi connectivity index (χ4v) is 11.3. The van der Waals surface area contributed by atoms with Crippen LogP contribution in [0.2, 0.25) is 0 Å². The van der Waals surface area contributed by atoms with E-state index in [1.54, 1.807) is 0 Å². The number of phosphoric ester groups is 1. The number of carbonyl (C=O) groups excluding carboxylic acids is 2. The van der Waals surface area contributed by atoms with Gasteiger partial charge in [0.1, 0.15) is 19.8 Å². The van der Waals surface area contributed by atoms with E-state index in [1.165, 1.54) is 212 Å². The van der Waals surface area contributed by atoms with Gasteiger partial charge >= 0.3 is 19.8 Å². The Morgan fingerprint density at radius 1 is 0.356 bits per heavy atom. The van der Waals surface area contributed by atoms with Crippen LogP contribution >= 0.6 is 7.82 Å². The van der Waals surface area contributed by atoms with Crippen LogP contribution in [0.1, 0.15) is 335 Å². The monoisotopic (exact) mass is 1280 g/mol. The third kappa shape index (κ3) is 73.7. The normalized spacial score (nSPS) is 13.7. The maximum atomic E-state index is 12.9. The molecule has 0 saturated carbocycles. The highest BCUT2D eigenvalue weighted by Crippen LogP contribution is 2.43. The number of phosphoric acid groups is 1. The maximum absolute atomic E-state index is 12.9. The van der Waals surface area contributed by atoms with Crippen molar-refractivity contribution in [3.05, 3.63) is 109 Å². The Labute approximate surface area is 556 Å². The van der Waals surface area contributed by atoms with E-state index in [2.05, 4.69) is 123 Å². The number of rotatable bonds is 69. The zero-order valence-electron chi connectivity index (χ0n) is 59.4. The first kappa shape index (κ1) is 86.7. The molecule has 0 aromatic carbocycles. The molecule has 10 heteroatoms. The molecular weight excluding hydrogens is 1130 g/mol. The average molecular weight is 1280 g/mol. The fraction of sp³-hybridized carbons (Fsp3) is 0.750. The van der Waals surface area contributed by atoms with E-state index < -0.39 is 26.5 Å². The van der Waals surface area contributed by atoms with E-state index >= 15 is 0 Å². The first-order valence-corrected chi connectivity index (χ1v) is 39.1. The van der Waals surface area contributed by atoms with Crippen LogP contribution in [0.3, 0.4) is 0 Å². The molecule has 0 aliphatic rings. The highest BCUT2D eigenvalue weighted by molar-refractivity contribution is 7.47. The molecule has 0 radical (unpaired) electrons. The zero-order valence-corrected chi connectivity index (χ0v) is 60.2. The largest absolute Gasteiger partial charge is 0.472 e. The summed E-state index contributed by atoms with van der Waals surface area (Å²) in [7, 11) is 1.48. The molecular formula is C80H143NO8P+. The summed E-state index contributed by atoms with van der Waals surface area (Å²) in [5.41, 5.74) is 0. The summed E-state index contributed by atoms with van der Waals surface area (Å²) in [6, 6.07) is 0. The second-order valence-electron chi connectivity index (χ2n) is 26.3. The molecule has 0 aliphatic carbocycles. The lowest BCUT2D eigenvalue weighted by molar-refractivity contribution is -0.870. The van der Waals surface area contributed by atoms with E-state index in [0.29, 0.717) is 17.4 Å². The van der Waals surface area contributed by atoms with Gasteiger partial charge in [-0.25, -0.2) is 4.57 Å². The Kier molecular flexibility index (Phi) is 67.4. The van der Waals surface area contributed by atoms with Crippen LogP contribution in [0.5, 0.6) is 0 Å². The molecule has 1 N–H and O–H groups in total. The molecule has 0 fully saturated rings. The van der Waals surface area contributed by atoms with Gasteiger partial charge in [-0.05, 0) is 103 Å². The van der Waals surface area contributed by atoms with Gasteiger partial charge in [-0.2, -0.15) is 0 Å². The molecule has 2 atom stereocenters. The number of hydrogen-bond donors (Lipinski definition) is 1. The number of esters is 2. The van der Waals surface area contributed by atoms with Crippen molar-refractivity contribution in [1.29, 1.82) is 0 Å². The van der Waals surface area contributed by atoms with Gasteiger partial charge in [0.25, 0.3) is 0 Å². The van der Waals surface area contributed by atoms with Gasteiger partial charge in [0.15, 0.2) is 6.10 Å². The number of allylic oxidation sites excluding steroid dienone is 18. The Morgan fingerprint density at radius 2 is 0.633 bits per heavy atom. The summed E-state index contributed by atoms with van der Waals surface area (Å²) in [5, 5.41) is 0. The first-order valence-electron chi connectivity index (χ1n) is 37.6. The van der Waals surface area contributed by atoms with Gasteiger partial charge < -0.3 is 18.9 Å². The Morgan fingerprint density at radius 3 is 0.956 bits per heavy atom. The van der Waals surface area contributed by atoms with E-state index in [9.17, 15) is 19.0 Å². The van der Waals surface area contributed by atoms with Crippen molar-refractivity contribution >= 4 is 19.8 Å². The van der Waals surface area contributed by atoms with Crippen molar-refractivity contribution in [2.45, 2.75) is 341 Å². The summed E-state index contributed by atoms with van der Waals surface area (Å²) >= 11 is 0. The van der Waals surface area contributed by atoms with E-state index in [1.807, 2.05) is 21.1 Å². The van der Waals surface area contributed by atoms with Crippen molar-refractivity contribution in [2.24, 2.45) is 0 Å². The van der Waals surface area contributed by atoms with Gasteiger partial charge in [0.2, 0.25) is 0 Å². The third-order valence-corrected chi connectivity index (χ3v) is 17.3. The third-order valence-electron chi connectivity index (χ3n) is 16.3. The molecule has 0 amide bonds. The van der Waals surface area contributed by atoms with Gasteiger partial charge in [0, 0.05) is 12.8 Å². The van der Waals surface area contributed by atoms with Gasteiger partial charge in [-0.3, -0.25) is 18.6 Å². The molecule has 0 aromatic heterocycles. The number of ether oxygens (including phenoxy) is 2. The molecule has 0 saturated heterocycles. The summed E-state index contributed by atoms with van der Waals surface area (Å²) in [4.78, 5) is 35.9. The lowest BCUT2D eigenvalue weighted by Gasteiger charge is -2.24. The second kappa shape index (κ2) is 70.0. The van der Waals surface area contributed by atoms with E-state index in [0.717, 1.165) is 89.9 Å². The van der Waals surface area contributed by atoms with Gasteiger partial charge in [-0.1, -0.05) is 329 Å². The Balaban J connectivity index is 4.01. The molecule has 520 valence electrons. The van der Waals surface area contributed by atoms with Crippen molar-refractivity contribution < 1.29 is 42.1 Å². The van der Waals surface area contributed by atoms with E-state index in [4.69, 9.17) is 18.5 Å². The number of nitrogens with zero attached hydrogens (tertiary/aromatic N) is 1. The molecule has 0 aromatic rings. The molecule has 0 heterocycles. The molecule has 0 aliphatic heterocycles. The fourth-order valence-electron chi connectivity index (χ4n) is 10.6.